The Morgan fingerprint density at radius 1 is 1.05 bits per heavy atom. The minimum atomic E-state index is -0.695. The van der Waals surface area contributed by atoms with Crippen LogP contribution in [0.1, 0.15) is 78.1 Å². The Labute approximate surface area is 229 Å². The van der Waals surface area contributed by atoms with Gasteiger partial charge in [-0.25, -0.2) is 14.8 Å². The van der Waals surface area contributed by atoms with Crippen molar-refractivity contribution in [1.82, 2.24) is 29.7 Å². The number of nitrogens with zero attached hydrogens (tertiary/aromatic N) is 6. The summed E-state index contributed by atoms with van der Waals surface area (Å²) in [5.74, 6) is 3.54. The van der Waals surface area contributed by atoms with E-state index in [4.69, 9.17) is 24.2 Å². The van der Waals surface area contributed by atoms with Crippen LogP contribution in [0, 0.1) is 17.8 Å². The van der Waals surface area contributed by atoms with Gasteiger partial charge >= 0.3 is 5.76 Å². The van der Waals surface area contributed by atoms with Crippen LogP contribution in [0.25, 0.3) is 22.8 Å². The molecule has 1 unspecified atom stereocenters. The van der Waals surface area contributed by atoms with Gasteiger partial charge in [0.1, 0.15) is 5.52 Å². The maximum atomic E-state index is 11.7. The molecule has 2 aliphatic carbocycles. The molecule has 11 nitrogen and oxygen atoms in total. The number of piperidine rings is 1. The van der Waals surface area contributed by atoms with Crippen LogP contribution in [0.2, 0.25) is 0 Å². The number of aromatic nitrogens is 6. The normalized spacial score (nSPS) is 25.1. The van der Waals surface area contributed by atoms with Gasteiger partial charge in [0.05, 0.1) is 12.6 Å². The van der Waals surface area contributed by atoms with Gasteiger partial charge in [0, 0.05) is 26.2 Å². The SMILES string of the molecule is COCC1CCCCN1c1nc2nc(-c3nc(=O)o[nH]3)nc(N[C@H](C)C3CCC3)c2n1C[C@H]1CC[C@H](C)CC1. The number of hydrogen-bond acceptors (Lipinski definition) is 9. The number of nitrogens with one attached hydrogen (secondary N) is 2. The Balaban J connectivity index is 1.48. The highest BCUT2D eigenvalue weighted by Crippen LogP contribution is 2.37. The van der Waals surface area contributed by atoms with Crippen LogP contribution >= 0.6 is 0 Å². The number of ether oxygens (including phenoxy) is 1. The second-order valence-corrected chi connectivity index (χ2v) is 12.1. The number of methoxy groups -OCH3 is 1. The van der Waals surface area contributed by atoms with Crippen molar-refractivity contribution in [1.29, 1.82) is 0 Å². The van der Waals surface area contributed by atoms with E-state index in [0.29, 0.717) is 29.9 Å². The topological polar surface area (TPSA) is 127 Å². The Morgan fingerprint density at radius 3 is 2.56 bits per heavy atom. The van der Waals surface area contributed by atoms with Crippen LogP contribution in [0.5, 0.6) is 0 Å². The van der Waals surface area contributed by atoms with Crippen molar-refractivity contribution >= 4 is 22.9 Å². The van der Waals surface area contributed by atoms with Crippen molar-refractivity contribution in [3.05, 3.63) is 10.6 Å². The lowest BCUT2D eigenvalue weighted by Crippen LogP contribution is -2.44. The summed E-state index contributed by atoms with van der Waals surface area (Å²) in [6.45, 7) is 7.11. The molecule has 4 heterocycles. The van der Waals surface area contributed by atoms with Crippen LogP contribution in [0.15, 0.2) is 9.32 Å². The molecule has 1 aliphatic heterocycles. The maximum absolute atomic E-state index is 11.7. The molecular formula is C28H42N8O3. The van der Waals surface area contributed by atoms with Crippen LogP contribution in [-0.2, 0) is 11.3 Å². The van der Waals surface area contributed by atoms with Gasteiger partial charge in [-0.05, 0) is 69.6 Å². The van der Waals surface area contributed by atoms with Crippen LogP contribution < -0.4 is 16.0 Å². The monoisotopic (exact) mass is 538 g/mol. The fourth-order valence-electron chi connectivity index (χ4n) is 6.62. The summed E-state index contributed by atoms with van der Waals surface area (Å²) >= 11 is 0. The zero-order valence-corrected chi connectivity index (χ0v) is 23.5. The highest BCUT2D eigenvalue weighted by Gasteiger charge is 2.32. The lowest BCUT2D eigenvalue weighted by atomic mass is 9.80. The molecule has 0 amide bonds. The zero-order chi connectivity index (χ0) is 26.9. The van der Waals surface area contributed by atoms with E-state index in [0.717, 1.165) is 49.1 Å². The van der Waals surface area contributed by atoms with E-state index in [1.807, 2.05) is 0 Å². The quantitative estimate of drug-likeness (QED) is 0.402. The molecular weight excluding hydrogens is 496 g/mol. The summed E-state index contributed by atoms with van der Waals surface area (Å²) < 4.78 is 12.9. The summed E-state index contributed by atoms with van der Waals surface area (Å²) in [7, 11) is 1.78. The van der Waals surface area contributed by atoms with E-state index in [9.17, 15) is 4.79 Å². The molecule has 2 saturated carbocycles. The summed E-state index contributed by atoms with van der Waals surface area (Å²) in [4.78, 5) is 33.0. The average Bonchev–Trinajstić information content (AvgIpc) is 3.48. The average molecular weight is 539 g/mol. The fourth-order valence-corrected chi connectivity index (χ4v) is 6.62. The minimum absolute atomic E-state index is 0.217. The predicted octanol–water partition coefficient (Wildman–Crippen LogP) is 4.60. The first-order valence-electron chi connectivity index (χ1n) is 14.9. The third-order valence-electron chi connectivity index (χ3n) is 9.27. The number of rotatable bonds is 9. The molecule has 0 radical (unpaired) electrons. The molecule has 3 aromatic rings. The van der Waals surface area contributed by atoms with Crippen molar-refractivity contribution in [2.45, 2.75) is 96.7 Å². The largest absolute Gasteiger partial charge is 0.460 e. The molecule has 3 fully saturated rings. The van der Waals surface area contributed by atoms with E-state index >= 15 is 0 Å². The Bertz CT molecular complexity index is 1320. The second-order valence-electron chi connectivity index (χ2n) is 12.1. The second kappa shape index (κ2) is 11.3. The van der Waals surface area contributed by atoms with E-state index in [1.54, 1.807) is 7.11 Å². The number of H-pyrrole nitrogens is 1. The minimum Gasteiger partial charge on any atom is -0.383 e. The summed E-state index contributed by atoms with van der Waals surface area (Å²) in [6, 6.07) is 0.537. The third-order valence-corrected chi connectivity index (χ3v) is 9.27. The molecule has 6 rings (SSSR count). The lowest BCUT2D eigenvalue weighted by Gasteiger charge is -2.37. The number of hydrogen-bond donors (Lipinski definition) is 2. The van der Waals surface area contributed by atoms with Crippen molar-refractivity contribution in [2.75, 3.05) is 30.5 Å². The number of anilines is 2. The van der Waals surface area contributed by atoms with E-state index < -0.39 is 5.76 Å². The van der Waals surface area contributed by atoms with Crippen molar-refractivity contribution in [2.24, 2.45) is 17.8 Å². The van der Waals surface area contributed by atoms with Crippen LogP contribution in [-0.4, -0.2) is 62.0 Å². The Hall–Kier alpha value is -2.95. The van der Waals surface area contributed by atoms with Gasteiger partial charge in [0.2, 0.25) is 17.6 Å². The van der Waals surface area contributed by atoms with Gasteiger partial charge in [-0.2, -0.15) is 10.1 Å². The van der Waals surface area contributed by atoms with Crippen molar-refractivity contribution < 1.29 is 9.26 Å². The maximum Gasteiger partial charge on any atom is 0.460 e. The number of fused-ring (bicyclic) bond motifs is 1. The first-order valence-corrected chi connectivity index (χ1v) is 14.9. The molecule has 212 valence electrons. The molecule has 2 N–H and O–H groups in total. The summed E-state index contributed by atoms with van der Waals surface area (Å²) in [5.41, 5.74) is 1.55. The molecule has 39 heavy (non-hydrogen) atoms. The molecule has 0 spiro atoms. The van der Waals surface area contributed by atoms with E-state index in [1.165, 1.54) is 51.4 Å². The molecule has 2 atom stereocenters. The zero-order valence-electron chi connectivity index (χ0n) is 23.5. The predicted molar refractivity (Wildman–Crippen MR) is 150 cm³/mol. The van der Waals surface area contributed by atoms with Gasteiger partial charge < -0.3 is 24.0 Å². The van der Waals surface area contributed by atoms with Crippen LogP contribution in [0.3, 0.4) is 0 Å². The molecule has 3 aromatic heterocycles. The van der Waals surface area contributed by atoms with Crippen molar-refractivity contribution in [3.63, 3.8) is 0 Å². The molecule has 0 bridgehead atoms. The molecule has 0 aromatic carbocycles. The Kier molecular flexibility index (Phi) is 7.59. The fraction of sp³-hybridized carbons (Fsp3) is 0.750. The summed E-state index contributed by atoms with van der Waals surface area (Å²) in [5, 5.41) is 6.31. The third kappa shape index (κ3) is 5.42. The van der Waals surface area contributed by atoms with Gasteiger partial charge in [-0.1, -0.05) is 26.2 Å². The number of imidazole rings is 1. The smallest absolute Gasteiger partial charge is 0.383 e. The molecule has 1 saturated heterocycles. The first kappa shape index (κ1) is 26.3. The molecule has 11 heteroatoms. The lowest BCUT2D eigenvalue weighted by molar-refractivity contribution is 0.165. The first-order chi connectivity index (χ1) is 19.0. The standard InChI is InChI=1S/C28H42N8O3/c1-17-10-12-19(13-11-17)15-36-22-23(29-18(2)20-7-6-8-20)30-25(26-33-28(37)39-34-26)31-24(22)32-27(36)35-14-5-4-9-21(35)16-38-3/h17-21H,4-16H2,1-3H3,(H,29,30,31)(H,33,34,37)/t17-,18-,19-,21?/m1/s1. The van der Waals surface area contributed by atoms with E-state index in [2.05, 4.69) is 38.8 Å². The van der Waals surface area contributed by atoms with Crippen molar-refractivity contribution in [3.8, 4) is 11.6 Å². The molecule has 3 aliphatic rings. The van der Waals surface area contributed by atoms with E-state index in [-0.39, 0.29) is 17.9 Å². The van der Waals surface area contributed by atoms with Gasteiger partial charge in [0.15, 0.2) is 11.5 Å². The van der Waals surface area contributed by atoms with Gasteiger partial charge in [-0.15, -0.1) is 4.98 Å². The number of aromatic amines is 1. The Morgan fingerprint density at radius 2 is 1.87 bits per heavy atom. The van der Waals surface area contributed by atoms with Crippen LogP contribution in [0.4, 0.5) is 11.8 Å². The highest BCUT2D eigenvalue weighted by atomic mass is 16.5. The highest BCUT2D eigenvalue weighted by molar-refractivity contribution is 5.87. The summed E-state index contributed by atoms with van der Waals surface area (Å²) in [6.07, 6.45) is 12.1. The van der Waals surface area contributed by atoms with Gasteiger partial charge in [-0.3, -0.25) is 0 Å². The van der Waals surface area contributed by atoms with Gasteiger partial charge in [0.25, 0.3) is 0 Å².